The van der Waals surface area contributed by atoms with Gasteiger partial charge in [-0.25, -0.2) is 9.59 Å². The number of nitro benzene ring substituents is 1. The number of nitrogens with one attached hydrogen (secondary N) is 2. The molecule has 1 saturated heterocycles. The van der Waals surface area contributed by atoms with Crippen LogP contribution in [0.4, 0.5) is 15.3 Å². The average Bonchev–Trinajstić information content (AvgIpc) is 3.91. The molecule has 5 amide bonds. The Bertz CT molecular complexity index is 2460. The predicted molar refractivity (Wildman–Crippen MR) is 246 cm³/mol. The molecular weight excluding hydrogens is 863 g/mol. The van der Waals surface area contributed by atoms with E-state index in [1.807, 2.05) is 48.5 Å². The molecule has 1 fully saturated rings. The summed E-state index contributed by atoms with van der Waals surface area (Å²) in [5.41, 5.74) is 9.11. The Balaban J connectivity index is 1.14. The van der Waals surface area contributed by atoms with Crippen LogP contribution in [0.25, 0.3) is 11.1 Å². The second-order valence-corrected chi connectivity index (χ2v) is 17.8. The molecule has 7 rings (SSSR count). The van der Waals surface area contributed by atoms with Gasteiger partial charge in [-0.2, -0.15) is 0 Å². The molecule has 4 aromatic rings. The number of imide groups is 1. The Morgan fingerprint density at radius 1 is 0.896 bits per heavy atom. The highest BCUT2D eigenvalue weighted by Gasteiger charge is 2.39. The van der Waals surface area contributed by atoms with Crippen molar-refractivity contribution in [1.29, 1.82) is 0 Å². The van der Waals surface area contributed by atoms with Crippen molar-refractivity contribution >= 4 is 35.6 Å². The Morgan fingerprint density at radius 2 is 1.60 bits per heavy atom. The molecule has 4 aromatic carbocycles. The number of unbranched alkanes of at least 4 members (excludes halogenated alkanes) is 1. The molecule has 0 spiro atoms. The summed E-state index contributed by atoms with van der Waals surface area (Å²) in [4.78, 5) is 85.0. The first-order valence-corrected chi connectivity index (χ1v) is 22.4. The zero-order valence-electron chi connectivity index (χ0n) is 38.2. The van der Waals surface area contributed by atoms with Crippen LogP contribution in [0, 0.1) is 10.1 Å². The van der Waals surface area contributed by atoms with Crippen LogP contribution in [0.15, 0.2) is 84.9 Å². The van der Waals surface area contributed by atoms with Crippen LogP contribution in [-0.2, 0) is 32.2 Å². The minimum atomic E-state index is -0.890. The van der Waals surface area contributed by atoms with E-state index in [1.165, 1.54) is 26.8 Å². The van der Waals surface area contributed by atoms with E-state index < -0.39 is 58.2 Å². The van der Waals surface area contributed by atoms with Gasteiger partial charge in [0.05, 0.1) is 23.6 Å². The molecule has 2 aliphatic heterocycles. The SMILES string of the molecule is CN[C@@H](CCCCN)C(=O)NC(=O)c1ccc(CN(Cc2ccc3c(c2)OCO3)C(=O)CC2CN(C(=O)OC(C)(C)C)CCN2C(=O)OCC2c3ccccc3-c3ccccc32)c([N+](=O)[O-])c1. The van der Waals surface area contributed by atoms with E-state index in [1.54, 1.807) is 46.0 Å². The third kappa shape index (κ3) is 11.5. The van der Waals surface area contributed by atoms with E-state index in [-0.39, 0.29) is 69.6 Å². The molecule has 1 aliphatic carbocycles. The number of rotatable bonds is 16. The summed E-state index contributed by atoms with van der Waals surface area (Å²) in [7, 11) is 1.59. The molecule has 67 heavy (non-hydrogen) atoms. The number of piperazine rings is 1. The van der Waals surface area contributed by atoms with Crippen LogP contribution in [0.2, 0.25) is 0 Å². The molecule has 0 aromatic heterocycles. The van der Waals surface area contributed by atoms with Gasteiger partial charge in [0.25, 0.3) is 11.6 Å². The van der Waals surface area contributed by atoms with Gasteiger partial charge in [-0.05, 0) is 99.3 Å². The van der Waals surface area contributed by atoms with Gasteiger partial charge in [-0.15, -0.1) is 0 Å². The number of hydrogen-bond donors (Lipinski definition) is 3. The zero-order chi connectivity index (χ0) is 47.8. The molecule has 0 radical (unpaired) electrons. The molecule has 354 valence electrons. The number of fused-ring (bicyclic) bond motifs is 4. The van der Waals surface area contributed by atoms with Crippen molar-refractivity contribution < 1.29 is 47.8 Å². The predicted octanol–water partition coefficient (Wildman–Crippen LogP) is 6.09. The Hall–Kier alpha value is -7.05. The summed E-state index contributed by atoms with van der Waals surface area (Å²) in [6, 6.07) is 23.3. The van der Waals surface area contributed by atoms with Crippen LogP contribution in [0.3, 0.4) is 0 Å². The fourth-order valence-corrected chi connectivity index (χ4v) is 8.65. The Kier molecular flexibility index (Phi) is 15.1. The van der Waals surface area contributed by atoms with Crippen molar-refractivity contribution in [2.45, 2.75) is 83.1 Å². The van der Waals surface area contributed by atoms with E-state index >= 15 is 0 Å². The molecule has 18 nitrogen and oxygen atoms in total. The topological polar surface area (TPSA) is 225 Å². The van der Waals surface area contributed by atoms with Gasteiger partial charge in [0.15, 0.2) is 11.5 Å². The fraction of sp³-hybridized carbons (Fsp3) is 0.408. The normalized spacial score (nSPS) is 15.6. The maximum atomic E-state index is 14.8. The third-order valence-electron chi connectivity index (χ3n) is 12.0. The van der Waals surface area contributed by atoms with Gasteiger partial charge >= 0.3 is 12.2 Å². The Labute approximate surface area is 388 Å². The molecule has 0 bridgehead atoms. The number of likely N-dealkylation sites (N-methyl/N-ethyl adjacent to an activating group) is 1. The van der Waals surface area contributed by atoms with Crippen molar-refractivity contribution in [2.24, 2.45) is 5.73 Å². The van der Waals surface area contributed by atoms with Crippen molar-refractivity contribution in [3.63, 3.8) is 0 Å². The quantitative estimate of drug-likeness (QED) is 0.0659. The number of hydrogen-bond acceptors (Lipinski definition) is 13. The minimum Gasteiger partial charge on any atom is -0.454 e. The number of nitro groups is 1. The van der Waals surface area contributed by atoms with Crippen molar-refractivity contribution in [1.82, 2.24) is 25.3 Å². The van der Waals surface area contributed by atoms with Crippen molar-refractivity contribution in [2.75, 3.05) is 46.6 Å². The third-order valence-corrected chi connectivity index (χ3v) is 12.0. The summed E-state index contributed by atoms with van der Waals surface area (Å²) >= 11 is 0. The maximum absolute atomic E-state index is 14.8. The number of ether oxygens (including phenoxy) is 4. The van der Waals surface area contributed by atoms with Crippen LogP contribution in [0.1, 0.15) is 85.0 Å². The summed E-state index contributed by atoms with van der Waals surface area (Å²) in [5.74, 6) is -1.16. The smallest absolute Gasteiger partial charge is 0.410 e. The van der Waals surface area contributed by atoms with Gasteiger partial charge in [0, 0.05) is 55.7 Å². The molecular formula is C49H57N7O11. The van der Waals surface area contributed by atoms with Crippen LogP contribution in [-0.4, -0.2) is 114 Å². The standard InChI is InChI=1S/C49H57N7O11/c1-49(2,3)67-47(60)53-21-22-55(48(61)64-29-39-37-13-7-5-11-35(37)36-12-6-8-14-38(36)39)34(28-53)25-44(57)54(26-31-16-19-42-43(23-31)66-30-65-42)27-33-18-17-32(24-41(33)56(62)63)45(58)52-46(59)40(51-4)15-9-10-20-50/h5-8,11-14,16-19,23-24,34,39-40,51H,9-10,15,20-22,25-30,50H2,1-4H3,(H,52,58,59)/t34?,40-/m0/s1. The van der Waals surface area contributed by atoms with E-state index in [2.05, 4.69) is 10.6 Å². The van der Waals surface area contributed by atoms with E-state index in [0.717, 1.165) is 28.3 Å². The lowest BCUT2D eigenvalue weighted by molar-refractivity contribution is -0.385. The molecule has 0 saturated carbocycles. The second-order valence-electron chi connectivity index (χ2n) is 17.8. The number of carbonyl (C=O) groups is 5. The van der Waals surface area contributed by atoms with E-state index in [4.69, 9.17) is 24.7 Å². The zero-order valence-corrected chi connectivity index (χ0v) is 38.2. The van der Waals surface area contributed by atoms with Gasteiger partial charge in [-0.1, -0.05) is 61.0 Å². The molecule has 18 heteroatoms. The first-order chi connectivity index (χ1) is 32.1. The number of nitrogens with zero attached hydrogens (tertiary/aromatic N) is 4. The molecule has 1 unspecified atom stereocenters. The minimum absolute atomic E-state index is 0.0184. The first-order valence-electron chi connectivity index (χ1n) is 22.4. The van der Waals surface area contributed by atoms with Crippen LogP contribution < -0.4 is 25.8 Å². The van der Waals surface area contributed by atoms with Gasteiger partial charge in [0.1, 0.15) is 12.2 Å². The number of benzene rings is 4. The maximum Gasteiger partial charge on any atom is 0.410 e. The van der Waals surface area contributed by atoms with Gasteiger partial charge in [0.2, 0.25) is 18.6 Å². The monoisotopic (exact) mass is 919 g/mol. The molecule has 3 aliphatic rings. The summed E-state index contributed by atoms with van der Waals surface area (Å²) in [5, 5.41) is 17.8. The molecule has 2 atom stereocenters. The highest BCUT2D eigenvalue weighted by molar-refractivity contribution is 6.06. The summed E-state index contributed by atoms with van der Waals surface area (Å²) in [6.45, 7) is 5.50. The fourth-order valence-electron chi connectivity index (χ4n) is 8.65. The Morgan fingerprint density at radius 3 is 2.27 bits per heavy atom. The number of carbonyl (C=O) groups excluding carboxylic acids is 5. The lowest BCUT2D eigenvalue weighted by atomic mass is 9.98. The average molecular weight is 920 g/mol. The van der Waals surface area contributed by atoms with Crippen molar-refractivity contribution in [3.05, 3.63) is 123 Å². The first kappa shape index (κ1) is 47.9. The lowest BCUT2D eigenvalue weighted by Crippen LogP contribution is -2.58. The van der Waals surface area contributed by atoms with Crippen LogP contribution in [0.5, 0.6) is 11.5 Å². The number of amides is 5. The lowest BCUT2D eigenvalue weighted by Gasteiger charge is -2.41. The molecule has 4 N–H and O–H groups in total. The second kappa shape index (κ2) is 21.1. The summed E-state index contributed by atoms with van der Waals surface area (Å²) < 4.78 is 22.8. The van der Waals surface area contributed by atoms with Crippen LogP contribution >= 0.6 is 0 Å². The van der Waals surface area contributed by atoms with Crippen molar-refractivity contribution in [3.8, 4) is 22.6 Å². The highest BCUT2D eigenvalue weighted by atomic mass is 16.7. The molecule has 2 heterocycles. The highest BCUT2D eigenvalue weighted by Crippen LogP contribution is 2.44. The van der Waals surface area contributed by atoms with E-state index in [9.17, 15) is 34.1 Å². The van der Waals surface area contributed by atoms with Gasteiger partial charge in [-0.3, -0.25) is 29.8 Å². The van der Waals surface area contributed by atoms with Gasteiger partial charge < -0.3 is 44.7 Å². The number of nitrogens with two attached hydrogens (primary N) is 1. The summed E-state index contributed by atoms with van der Waals surface area (Å²) in [6.07, 6.45) is 0.212. The van der Waals surface area contributed by atoms with E-state index in [0.29, 0.717) is 42.9 Å². The largest absolute Gasteiger partial charge is 0.454 e.